The Morgan fingerprint density at radius 1 is 1.39 bits per heavy atom. The van der Waals surface area contributed by atoms with Crippen molar-refractivity contribution in [2.75, 3.05) is 17.2 Å². The molecule has 2 aliphatic rings. The second-order valence-corrected chi connectivity index (χ2v) is 5.32. The van der Waals surface area contributed by atoms with Crippen molar-refractivity contribution in [2.24, 2.45) is 11.7 Å². The number of primary amides is 1. The second-order valence-electron chi connectivity index (χ2n) is 5.32. The Hall–Kier alpha value is -1.78. The van der Waals surface area contributed by atoms with Gasteiger partial charge in [-0.15, -0.1) is 0 Å². The van der Waals surface area contributed by atoms with Crippen molar-refractivity contribution >= 4 is 17.4 Å². The minimum absolute atomic E-state index is 0.355. The van der Waals surface area contributed by atoms with Gasteiger partial charge in [0, 0.05) is 12.6 Å². The average Bonchev–Trinajstić information content (AvgIpc) is 3.20. The van der Waals surface area contributed by atoms with E-state index in [1.165, 1.54) is 31.9 Å². The van der Waals surface area contributed by atoms with Crippen LogP contribution in [-0.2, 0) is 0 Å². The molecular weight excluding hydrogens is 228 g/mol. The summed E-state index contributed by atoms with van der Waals surface area (Å²) in [6, 6.07) is 2.32. The minimum Gasteiger partial charge on any atom is -0.397 e. The zero-order valence-electron chi connectivity index (χ0n) is 10.3. The normalized spacial score (nSPS) is 18.7. The lowest BCUT2D eigenvalue weighted by Gasteiger charge is -2.24. The fourth-order valence-corrected chi connectivity index (χ4v) is 2.22. The van der Waals surface area contributed by atoms with Gasteiger partial charge in [-0.3, -0.25) is 4.79 Å². The molecule has 5 nitrogen and oxygen atoms in total. The van der Waals surface area contributed by atoms with E-state index in [0.717, 1.165) is 18.3 Å². The molecule has 96 valence electrons. The van der Waals surface area contributed by atoms with E-state index in [1.807, 2.05) is 0 Å². The van der Waals surface area contributed by atoms with Gasteiger partial charge in [0.2, 0.25) is 0 Å². The van der Waals surface area contributed by atoms with E-state index >= 15 is 0 Å². The van der Waals surface area contributed by atoms with Crippen LogP contribution in [0.1, 0.15) is 36.0 Å². The molecule has 1 aromatic heterocycles. The molecule has 2 saturated carbocycles. The van der Waals surface area contributed by atoms with Crippen LogP contribution in [0.25, 0.3) is 0 Å². The quantitative estimate of drug-likeness (QED) is 0.815. The van der Waals surface area contributed by atoms with Gasteiger partial charge in [0.1, 0.15) is 5.82 Å². The lowest BCUT2D eigenvalue weighted by molar-refractivity contribution is 0.100. The molecule has 0 bridgehead atoms. The standard InChI is InChI=1S/C13H18N4O/c14-11-6-16-12(5-10(11)13(15)18)17(9-3-4-9)7-8-1-2-8/h5-6,8-9H,1-4,7,14H2,(H2,15,18). The third kappa shape index (κ3) is 2.25. The Balaban J connectivity index is 1.88. The van der Waals surface area contributed by atoms with Gasteiger partial charge >= 0.3 is 0 Å². The number of hydrogen-bond acceptors (Lipinski definition) is 4. The maximum absolute atomic E-state index is 11.3. The highest BCUT2D eigenvalue weighted by atomic mass is 16.1. The number of nitrogens with zero attached hydrogens (tertiary/aromatic N) is 2. The molecule has 4 N–H and O–H groups in total. The Labute approximate surface area is 106 Å². The molecule has 5 heteroatoms. The predicted octanol–water partition coefficient (Wildman–Crippen LogP) is 1.14. The van der Waals surface area contributed by atoms with Crippen molar-refractivity contribution in [3.05, 3.63) is 17.8 Å². The fraction of sp³-hybridized carbons (Fsp3) is 0.538. The number of nitrogen functional groups attached to an aromatic ring is 1. The molecule has 0 aliphatic heterocycles. The largest absolute Gasteiger partial charge is 0.397 e. The molecule has 18 heavy (non-hydrogen) atoms. The van der Waals surface area contributed by atoms with E-state index < -0.39 is 5.91 Å². The molecule has 0 radical (unpaired) electrons. The lowest BCUT2D eigenvalue weighted by Crippen LogP contribution is -2.29. The molecule has 3 rings (SSSR count). The summed E-state index contributed by atoms with van der Waals surface area (Å²) in [5, 5.41) is 0. The number of aromatic nitrogens is 1. The first-order valence-corrected chi connectivity index (χ1v) is 6.47. The van der Waals surface area contributed by atoms with Gasteiger partial charge in [0.15, 0.2) is 0 Å². The summed E-state index contributed by atoms with van der Waals surface area (Å²) < 4.78 is 0. The first-order chi connectivity index (χ1) is 8.65. The van der Waals surface area contributed by atoms with E-state index in [2.05, 4.69) is 9.88 Å². The summed E-state index contributed by atoms with van der Waals surface area (Å²) in [4.78, 5) is 18.0. The number of carbonyl (C=O) groups is 1. The molecule has 0 aromatic carbocycles. The van der Waals surface area contributed by atoms with Crippen LogP contribution in [-0.4, -0.2) is 23.5 Å². The summed E-state index contributed by atoms with van der Waals surface area (Å²) >= 11 is 0. The Kier molecular flexibility index (Phi) is 2.61. The monoisotopic (exact) mass is 246 g/mol. The first-order valence-electron chi connectivity index (χ1n) is 6.47. The minimum atomic E-state index is -0.488. The van der Waals surface area contributed by atoms with Crippen LogP contribution in [0, 0.1) is 5.92 Å². The molecule has 1 aromatic rings. The number of amides is 1. The Morgan fingerprint density at radius 3 is 2.67 bits per heavy atom. The summed E-state index contributed by atoms with van der Waals surface area (Å²) in [7, 11) is 0. The van der Waals surface area contributed by atoms with E-state index in [0.29, 0.717) is 17.3 Å². The Bertz CT molecular complexity index is 480. The van der Waals surface area contributed by atoms with Gasteiger partial charge in [0.05, 0.1) is 17.4 Å². The molecule has 2 aliphatic carbocycles. The van der Waals surface area contributed by atoms with Crippen molar-refractivity contribution in [3.63, 3.8) is 0 Å². The highest BCUT2D eigenvalue weighted by molar-refractivity contribution is 5.98. The van der Waals surface area contributed by atoms with Gasteiger partial charge in [0.25, 0.3) is 5.91 Å². The van der Waals surface area contributed by atoms with E-state index in [9.17, 15) is 4.79 Å². The molecule has 0 spiro atoms. The van der Waals surface area contributed by atoms with Crippen LogP contribution in [0.2, 0.25) is 0 Å². The van der Waals surface area contributed by atoms with Gasteiger partial charge in [-0.05, 0) is 37.7 Å². The van der Waals surface area contributed by atoms with Crippen LogP contribution in [0.4, 0.5) is 11.5 Å². The molecule has 0 atom stereocenters. The van der Waals surface area contributed by atoms with Crippen molar-refractivity contribution in [3.8, 4) is 0 Å². The molecular formula is C13H18N4O. The molecule has 2 fully saturated rings. The molecule has 0 unspecified atom stereocenters. The highest BCUT2D eigenvalue weighted by Crippen LogP contribution is 2.37. The van der Waals surface area contributed by atoms with E-state index in [1.54, 1.807) is 6.07 Å². The lowest BCUT2D eigenvalue weighted by atomic mass is 10.2. The van der Waals surface area contributed by atoms with Crippen LogP contribution < -0.4 is 16.4 Å². The zero-order valence-corrected chi connectivity index (χ0v) is 10.3. The van der Waals surface area contributed by atoms with Crippen molar-refractivity contribution < 1.29 is 4.79 Å². The van der Waals surface area contributed by atoms with Crippen LogP contribution >= 0.6 is 0 Å². The van der Waals surface area contributed by atoms with E-state index in [-0.39, 0.29) is 0 Å². The third-order valence-electron chi connectivity index (χ3n) is 3.62. The summed E-state index contributed by atoms with van der Waals surface area (Å²) in [6.07, 6.45) is 6.58. The summed E-state index contributed by atoms with van der Waals surface area (Å²) in [5.74, 6) is 1.15. The van der Waals surface area contributed by atoms with Crippen molar-refractivity contribution in [2.45, 2.75) is 31.7 Å². The maximum atomic E-state index is 11.3. The number of rotatable bonds is 5. The van der Waals surface area contributed by atoms with Crippen LogP contribution in [0.5, 0.6) is 0 Å². The number of hydrogen-bond donors (Lipinski definition) is 2. The second kappa shape index (κ2) is 4.15. The number of nitrogens with two attached hydrogens (primary N) is 2. The topological polar surface area (TPSA) is 85.2 Å². The van der Waals surface area contributed by atoms with Crippen LogP contribution in [0.3, 0.4) is 0 Å². The first kappa shape index (κ1) is 11.3. The van der Waals surface area contributed by atoms with E-state index in [4.69, 9.17) is 11.5 Å². The molecule has 0 saturated heterocycles. The zero-order chi connectivity index (χ0) is 12.7. The summed E-state index contributed by atoms with van der Waals surface area (Å²) in [5.41, 5.74) is 11.8. The number of carbonyl (C=O) groups excluding carboxylic acids is 1. The smallest absolute Gasteiger partial charge is 0.250 e. The van der Waals surface area contributed by atoms with Crippen LogP contribution in [0.15, 0.2) is 12.3 Å². The third-order valence-corrected chi connectivity index (χ3v) is 3.62. The molecule has 1 heterocycles. The SMILES string of the molecule is NC(=O)c1cc(N(CC2CC2)C2CC2)ncc1N. The number of pyridine rings is 1. The Morgan fingerprint density at radius 2 is 2.11 bits per heavy atom. The highest BCUT2D eigenvalue weighted by Gasteiger charge is 2.34. The van der Waals surface area contributed by atoms with Gasteiger partial charge in [-0.25, -0.2) is 4.98 Å². The maximum Gasteiger partial charge on any atom is 0.250 e. The van der Waals surface area contributed by atoms with Gasteiger partial charge in [-0.2, -0.15) is 0 Å². The van der Waals surface area contributed by atoms with Crippen molar-refractivity contribution in [1.29, 1.82) is 0 Å². The van der Waals surface area contributed by atoms with Gasteiger partial charge in [-0.1, -0.05) is 0 Å². The molecule has 1 amide bonds. The number of anilines is 2. The predicted molar refractivity (Wildman–Crippen MR) is 70.3 cm³/mol. The van der Waals surface area contributed by atoms with Gasteiger partial charge < -0.3 is 16.4 Å². The fourth-order valence-electron chi connectivity index (χ4n) is 2.22. The van der Waals surface area contributed by atoms with Crippen molar-refractivity contribution in [1.82, 2.24) is 4.98 Å². The average molecular weight is 246 g/mol. The summed E-state index contributed by atoms with van der Waals surface area (Å²) in [6.45, 7) is 1.04.